The molecular formula is C8H14INO. The second kappa shape index (κ2) is 3.74. The molecule has 1 amide bonds. The van der Waals surface area contributed by atoms with Crippen molar-refractivity contribution >= 4 is 28.5 Å². The van der Waals surface area contributed by atoms with E-state index in [1.807, 2.05) is 18.7 Å². The maximum Gasteiger partial charge on any atom is 0.226 e. The molecule has 1 rings (SSSR count). The van der Waals surface area contributed by atoms with E-state index in [0.717, 1.165) is 19.5 Å². The smallest absolute Gasteiger partial charge is 0.226 e. The fraction of sp³-hybridized carbons (Fsp3) is 0.875. The van der Waals surface area contributed by atoms with E-state index in [1.54, 1.807) is 0 Å². The van der Waals surface area contributed by atoms with Crippen molar-refractivity contribution in [3.8, 4) is 0 Å². The summed E-state index contributed by atoms with van der Waals surface area (Å²) in [4.78, 5) is 13.4. The molecule has 0 N–H and O–H groups in total. The lowest BCUT2D eigenvalue weighted by molar-refractivity contribution is -0.132. The summed E-state index contributed by atoms with van der Waals surface area (Å²) < 4.78 is 0.612. The summed E-state index contributed by atoms with van der Waals surface area (Å²) in [6.45, 7) is 5.78. The molecular weight excluding hydrogens is 253 g/mol. The van der Waals surface area contributed by atoms with Crippen molar-refractivity contribution in [2.45, 2.75) is 24.2 Å². The minimum atomic E-state index is 0.343. The number of alkyl halides is 1. The van der Waals surface area contributed by atoms with Crippen molar-refractivity contribution in [1.29, 1.82) is 0 Å². The number of hydrogen-bond donors (Lipinski definition) is 0. The molecule has 0 bridgehead atoms. The van der Waals surface area contributed by atoms with Gasteiger partial charge < -0.3 is 4.90 Å². The normalized spacial score (nSPS) is 28.3. The number of hydrogen-bond acceptors (Lipinski definition) is 1. The SMILES string of the molecule is CCN(CC)C(=O)[C@@H]1C[C@H]1I. The van der Waals surface area contributed by atoms with Crippen LogP contribution in [0.25, 0.3) is 0 Å². The lowest BCUT2D eigenvalue weighted by atomic mass is 10.3. The van der Waals surface area contributed by atoms with E-state index in [0.29, 0.717) is 15.7 Å². The Morgan fingerprint density at radius 2 is 2.00 bits per heavy atom. The molecule has 11 heavy (non-hydrogen) atoms. The molecule has 3 heteroatoms. The lowest BCUT2D eigenvalue weighted by Gasteiger charge is -2.17. The second-order valence-corrected chi connectivity index (χ2v) is 4.47. The maximum atomic E-state index is 11.5. The fourth-order valence-corrected chi connectivity index (χ4v) is 2.04. The van der Waals surface area contributed by atoms with E-state index >= 15 is 0 Å². The highest BCUT2D eigenvalue weighted by Crippen LogP contribution is 2.39. The number of rotatable bonds is 3. The molecule has 0 heterocycles. The van der Waals surface area contributed by atoms with Crippen molar-refractivity contribution in [3.05, 3.63) is 0 Å². The van der Waals surface area contributed by atoms with Crippen LogP contribution in [0.5, 0.6) is 0 Å². The predicted molar refractivity (Wildman–Crippen MR) is 53.8 cm³/mol. The molecule has 1 aliphatic rings. The third-order valence-electron chi connectivity index (χ3n) is 2.10. The van der Waals surface area contributed by atoms with E-state index in [9.17, 15) is 4.79 Å². The van der Waals surface area contributed by atoms with Crippen LogP contribution in [0.3, 0.4) is 0 Å². The Labute approximate surface area is 81.5 Å². The number of halogens is 1. The molecule has 0 unspecified atom stereocenters. The Kier molecular flexibility index (Phi) is 3.16. The van der Waals surface area contributed by atoms with Crippen LogP contribution in [-0.4, -0.2) is 27.8 Å². The van der Waals surface area contributed by atoms with Crippen LogP contribution in [-0.2, 0) is 4.79 Å². The molecule has 1 aliphatic carbocycles. The predicted octanol–water partition coefficient (Wildman–Crippen LogP) is 1.68. The van der Waals surface area contributed by atoms with Gasteiger partial charge >= 0.3 is 0 Å². The zero-order valence-corrected chi connectivity index (χ0v) is 9.17. The van der Waals surface area contributed by atoms with Crippen LogP contribution in [0.1, 0.15) is 20.3 Å². The average Bonchev–Trinajstić information content (AvgIpc) is 2.69. The molecule has 0 radical (unpaired) electrons. The van der Waals surface area contributed by atoms with Gasteiger partial charge in [-0.2, -0.15) is 0 Å². The van der Waals surface area contributed by atoms with Crippen LogP contribution in [0.4, 0.5) is 0 Å². The molecule has 2 nitrogen and oxygen atoms in total. The van der Waals surface area contributed by atoms with Gasteiger partial charge in [-0.15, -0.1) is 0 Å². The van der Waals surface area contributed by atoms with Crippen LogP contribution in [0.15, 0.2) is 0 Å². The molecule has 0 aromatic heterocycles. The largest absolute Gasteiger partial charge is 0.343 e. The minimum absolute atomic E-state index is 0.343. The van der Waals surface area contributed by atoms with Gasteiger partial charge in [-0.1, -0.05) is 22.6 Å². The summed E-state index contributed by atoms with van der Waals surface area (Å²) in [7, 11) is 0. The third-order valence-corrected chi connectivity index (χ3v) is 3.48. The van der Waals surface area contributed by atoms with Gasteiger partial charge in [0.2, 0.25) is 5.91 Å². The number of amides is 1. The van der Waals surface area contributed by atoms with Crippen molar-refractivity contribution in [2.24, 2.45) is 5.92 Å². The van der Waals surface area contributed by atoms with Crippen molar-refractivity contribution < 1.29 is 4.79 Å². The molecule has 1 fully saturated rings. The van der Waals surface area contributed by atoms with Crippen LogP contribution < -0.4 is 0 Å². The van der Waals surface area contributed by atoms with Crippen LogP contribution in [0, 0.1) is 5.92 Å². The molecule has 1 saturated carbocycles. The first-order valence-electron chi connectivity index (χ1n) is 4.13. The Balaban J connectivity index is 2.39. The third kappa shape index (κ3) is 2.07. The highest BCUT2D eigenvalue weighted by molar-refractivity contribution is 14.1. The van der Waals surface area contributed by atoms with Gasteiger partial charge in [-0.05, 0) is 20.3 Å². The van der Waals surface area contributed by atoms with Crippen LogP contribution in [0.2, 0.25) is 0 Å². The molecule has 0 spiro atoms. The minimum Gasteiger partial charge on any atom is -0.343 e. The summed E-state index contributed by atoms with van der Waals surface area (Å²) in [6.07, 6.45) is 1.09. The first kappa shape index (κ1) is 9.29. The summed E-state index contributed by atoms with van der Waals surface area (Å²) in [5.41, 5.74) is 0. The lowest BCUT2D eigenvalue weighted by Crippen LogP contribution is -2.32. The van der Waals surface area contributed by atoms with Gasteiger partial charge in [-0.25, -0.2) is 0 Å². The molecule has 0 aliphatic heterocycles. The van der Waals surface area contributed by atoms with Gasteiger partial charge in [0.15, 0.2) is 0 Å². The van der Waals surface area contributed by atoms with Crippen molar-refractivity contribution in [3.63, 3.8) is 0 Å². The molecule has 0 saturated heterocycles. The first-order valence-corrected chi connectivity index (χ1v) is 5.38. The summed E-state index contributed by atoms with van der Waals surface area (Å²) in [5.74, 6) is 0.699. The first-order chi connectivity index (χ1) is 5.20. The number of carbonyl (C=O) groups is 1. The van der Waals surface area contributed by atoms with E-state index in [2.05, 4.69) is 22.6 Å². The summed E-state index contributed by atoms with van der Waals surface area (Å²) in [6, 6.07) is 0. The van der Waals surface area contributed by atoms with E-state index in [4.69, 9.17) is 0 Å². The number of carbonyl (C=O) groups excluding carboxylic acids is 1. The van der Waals surface area contributed by atoms with Gasteiger partial charge in [-0.3, -0.25) is 4.79 Å². The Morgan fingerprint density at radius 3 is 2.27 bits per heavy atom. The summed E-state index contributed by atoms with van der Waals surface area (Å²) in [5, 5.41) is 0. The van der Waals surface area contributed by atoms with Gasteiger partial charge in [0.1, 0.15) is 0 Å². The van der Waals surface area contributed by atoms with Crippen molar-refractivity contribution in [2.75, 3.05) is 13.1 Å². The zero-order chi connectivity index (χ0) is 8.43. The standard InChI is InChI=1S/C8H14INO/c1-3-10(4-2)8(11)6-5-7(6)9/h6-7H,3-5H2,1-2H3/t6-,7-/m1/s1. The second-order valence-electron chi connectivity index (χ2n) is 2.87. The Bertz CT molecular complexity index is 156. The Hall–Kier alpha value is 0.200. The average molecular weight is 267 g/mol. The molecule has 64 valence electrons. The van der Waals surface area contributed by atoms with Crippen molar-refractivity contribution in [1.82, 2.24) is 4.90 Å². The molecule has 0 aromatic carbocycles. The summed E-state index contributed by atoms with van der Waals surface area (Å²) >= 11 is 2.35. The molecule has 0 aromatic rings. The zero-order valence-electron chi connectivity index (χ0n) is 7.01. The van der Waals surface area contributed by atoms with Gasteiger partial charge in [0.25, 0.3) is 0 Å². The van der Waals surface area contributed by atoms with Crippen LogP contribution >= 0.6 is 22.6 Å². The fourth-order valence-electron chi connectivity index (χ4n) is 1.19. The number of nitrogens with zero attached hydrogens (tertiary/aromatic N) is 1. The van der Waals surface area contributed by atoms with Gasteiger partial charge in [0.05, 0.1) is 5.92 Å². The topological polar surface area (TPSA) is 20.3 Å². The van der Waals surface area contributed by atoms with E-state index in [1.165, 1.54) is 0 Å². The van der Waals surface area contributed by atoms with E-state index in [-0.39, 0.29) is 0 Å². The maximum absolute atomic E-state index is 11.5. The Morgan fingerprint density at radius 1 is 1.55 bits per heavy atom. The monoisotopic (exact) mass is 267 g/mol. The quantitative estimate of drug-likeness (QED) is 0.562. The molecule has 2 atom stereocenters. The highest BCUT2D eigenvalue weighted by Gasteiger charge is 2.42. The van der Waals surface area contributed by atoms with E-state index < -0.39 is 0 Å². The highest BCUT2D eigenvalue weighted by atomic mass is 127. The van der Waals surface area contributed by atoms with Gasteiger partial charge in [0, 0.05) is 17.0 Å².